The first kappa shape index (κ1) is 52.2. The van der Waals surface area contributed by atoms with Gasteiger partial charge in [-0.1, -0.05) is 71.4 Å². The number of rotatable bonds is 25. The predicted octanol–water partition coefficient (Wildman–Crippen LogP) is 2.85. The number of nitrogens with zero attached hydrogens (tertiary/aromatic N) is 3. The number of methoxy groups -OCH3 is 2. The Labute approximate surface area is 372 Å². The number of carboxylic acid groups (broad SMARTS) is 1. The molecule has 350 valence electrons. The Balaban J connectivity index is 1.69. The van der Waals surface area contributed by atoms with Gasteiger partial charge in [0, 0.05) is 59.4 Å². The molecular formula is C46H70N6O11. The molecule has 7 amide bonds. The summed E-state index contributed by atoms with van der Waals surface area (Å²) in [4.78, 5) is 109. The molecule has 4 N–H and O–H groups in total. The molecule has 63 heavy (non-hydrogen) atoms. The van der Waals surface area contributed by atoms with Crippen molar-refractivity contribution >= 4 is 47.3 Å². The lowest BCUT2D eigenvalue weighted by Gasteiger charge is -2.41. The van der Waals surface area contributed by atoms with Crippen molar-refractivity contribution in [2.75, 3.05) is 34.4 Å². The fourth-order valence-corrected chi connectivity index (χ4v) is 8.39. The normalized spacial score (nSPS) is 18.6. The highest BCUT2D eigenvalue weighted by molar-refractivity contribution is 6.12. The molecule has 2 aliphatic rings. The van der Waals surface area contributed by atoms with Crippen LogP contribution in [-0.4, -0.2) is 143 Å². The van der Waals surface area contributed by atoms with Crippen LogP contribution in [0, 0.1) is 17.8 Å². The number of carbonyl (C=O) groups is 8. The third-order valence-corrected chi connectivity index (χ3v) is 12.3. The van der Waals surface area contributed by atoms with E-state index in [1.165, 1.54) is 31.3 Å². The monoisotopic (exact) mass is 883 g/mol. The molecule has 1 unspecified atom stereocenters. The summed E-state index contributed by atoms with van der Waals surface area (Å²) in [6.45, 7) is 12.9. The number of hydrogen-bond acceptors (Lipinski definition) is 10. The van der Waals surface area contributed by atoms with E-state index in [1.807, 2.05) is 19.9 Å². The van der Waals surface area contributed by atoms with Crippen molar-refractivity contribution in [2.24, 2.45) is 17.8 Å². The maximum absolute atomic E-state index is 14.4. The maximum atomic E-state index is 14.4. The largest absolute Gasteiger partial charge is 0.480 e. The Morgan fingerprint density at radius 1 is 0.937 bits per heavy atom. The number of nitrogens with one attached hydrogen (secondary N) is 3. The molecule has 1 aromatic rings. The Hall–Kier alpha value is -5.16. The zero-order chi connectivity index (χ0) is 47.2. The zero-order valence-corrected chi connectivity index (χ0v) is 38.7. The average molecular weight is 883 g/mol. The van der Waals surface area contributed by atoms with Gasteiger partial charge in [-0.05, 0) is 56.9 Å². The third kappa shape index (κ3) is 14.2. The quantitative estimate of drug-likeness (QED) is 0.0827. The summed E-state index contributed by atoms with van der Waals surface area (Å²) in [6, 6.07) is 5.79. The molecular weight excluding hydrogens is 813 g/mol. The highest BCUT2D eigenvalue weighted by Crippen LogP contribution is 2.30. The Morgan fingerprint density at radius 3 is 2.13 bits per heavy atom. The van der Waals surface area contributed by atoms with E-state index in [1.54, 1.807) is 70.8 Å². The van der Waals surface area contributed by atoms with E-state index in [2.05, 4.69) is 16.0 Å². The number of likely N-dealkylation sites (tertiary alicyclic amines) is 1. The summed E-state index contributed by atoms with van der Waals surface area (Å²) < 4.78 is 11.9. The molecule has 0 aliphatic carbocycles. The standard InChI is InChI=1S/C46H70N6O11/c1-11-29(4)40(50(8)43(58)39(28(2)3)48-45(61)46(6,7)49-35(53)21-15-16-24-52-36(54)22-23-37(52)55)34(62-9)27-38(56)51-25-17-20-33(51)41(63-10)30(5)42(57)47-32(44(59)60)26-31-18-13-12-14-19-31/h12-14,18-19,22-23,28-30,32-34,39-41H,11,15-17,20-21,24-27H2,1-10H3,(H,47,57)(H,48,61)(H,49,53)(H,59,60)/t29-,30+,32-,33-,34+,39-,40-,41?/m0/s1. The second-order valence-corrected chi connectivity index (χ2v) is 17.7. The van der Waals surface area contributed by atoms with Crippen molar-refractivity contribution in [3.8, 4) is 0 Å². The SMILES string of the molecule is CC[C@H](C)[C@@H]([C@@H](CC(=O)N1CCC[C@H]1C(OC)[C@@H](C)C(=O)N[C@@H](Cc1ccccc1)C(=O)O)OC)N(C)C(=O)[C@@H](NC(=O)C(C)(C)NC(=O)CCCCN1C(=O)C=CC1=O)C(C)C. The fraction of sp³-hybridized carbons (Fsp3) is 0.652. The van der Waals surface area contributed by atoms with Crippen LogP contribution in [0.2, 0.25) is 0 Å². The Kier molecular flexibility index (Phi) is 19.9. The second-order valence-electron chi connectivity index (χ2n) is 17.7. The van der Waals surface area contributed by atoms with Crippen LogP contribution < -0.4 is 16.0 Å². The summed E-state index contributed by atoms with van der Waals surface area (Å²) >= 11 is 0. The molecule has 0 saturated carbocycles. The summed E-state index contributed by atoms with van der Waals surface area (Å²) in [6.07, 6.45) is 3.65. The van der Waals surface area contributed by atoms with Crippen molar-refractivity contribution in [3.05, 3.63) is 48.0 Å². The number of likely N-dealkylation sites (N-methyl/N-ethyl adjacent to an activating group) is 1. The number of carbonyl (C=O) groups excluding carboxylic acids is 7. The summed E-state index contributed by atoms with van der Waals surface area (Å²) in [7, 11) is 4.59. The van der Waals surface area contributed by atoms with Crippen molar-refractivity contribution in [1.82, 2.24) is 30.7 Å². The number of ether oxygens (including phenoxy) is 2. The lowest BCUT2D eigenvalue weighted by Crippen LogP contribution is -2.62. The minimum absolute atomic E-state index is 0.0599. The highest BCUT2D eigenvalue weighted by atomic mass is 16.5. The summed E-state index contributed by atoms with van der Waals surface area (Å²) in [5.74, 6) is -5.37. The van der Waals surface area contributed by atoms with Crippen LogP contribution in [0.3, 0.4) is 0 Å². The topological polar surface area (TPSA) is 221 Å². The van der Waals surface area contributed by atoms with Gasteiger partial charge in [0.25, 0.3) is 11.8 Å². The van der Waals surface area contributed by atoms with Gasteiger partial charge in [0.1, 0.15) is 17.6 Å². The van der Waals surface area contributed by atoms with Gasteiger partial charge < -0.3 is 40.3 Å². The fourth-order valence-electron chi connectivity index (χ4n) is 8.39. The molecule has 0 spiro atoms. The molecule has 1 fully saturated rings. The van der Waals surface area contributed by atoms with Gasteiger partial charge in [-0.15, -0.1) is 0 Å². The predicted molar refractivity (Wildman–Crippen MR) is 235 cm³/mol. The molecule has 0 radical (unpaired) electrons. The number of hydrogen-bond donors (Lipinski definition) is 4. The molecule has 17 nitrogen and oxygen atoms in total. The van der Waals surface area contributed by atoms with Crippen molar-refractivity contribution in [1.29, 1.82) is 0 Å². The van der Waals surface area contributed by atoms with E-state index in [4.69, 9.17) is 9.47 Å². The van der Waals surface area contributed by atoms with Crippen LogP contribution in [-0.2, 0) is 54.3 Å². The molecule has 0 aromatic heterocycles. The molecule has 2 heterocycles. The Bertz CT molecular complexity index is 1780. The minimum Gasteiger partial charge on any atom is -0.480 e. The lowest BCUT2D eigenvalue weighted by molar-refractivity contribution is -0.148. The van der Waals surface area contributed by atoms with Crippen LogP contribution in [0.5, 0.6) is 0 Å². The van der Waals surface area contributed by atoms with Gasteiger partial charge in [-0.25, -0.2) is 4.79 Å². The van der Waals surface area contributed by atoms with Crippen molar-refractivity contribution in [2.45, 2.75) is 142 Å². The van der Waals surface area contributed by atoms with Crippen LogP contribution in [0.4, 0.5) is 0 Å². The second kappa shape index (κ2) is 24.1. The molecule has 8 atom stereocenters. The summed E-state index contributed by atoms with van der Waals surface area (Å²) in [5.41, 5.74) is -0.633. The van der Waals surface area contributed by atoms with Gasteiger partial charge in [0.05, 0.1) is 36.6 Å². The maximum Gasteiger partial charge on any atom is 0.326 e. The zero-order valence-electron chi connectivity index (χ0n) is 38.7. The highest BCUT2D eigenvalue weighted by Gasteiger charge is 2.44. The Morgan fingerprint density at radius 2 is 1.57 bits per heavy atom. The van der Waals surface area contributed by atoms with Gasteiger partial charge in [0.15, 0.2) is 0 Å². The molecule has 1 aromatic carbocycles. The number of amides is 7. The van der Waals surface area contributed by atoms with Gasteiger partial charge >= 0.3 is 5.97 Å². The molecule has 17 heteroatoms. The van der Waals surface area contributed by atoms with E-state index in [-0.39, 0.29) is 55.4 Å². The smallest absolute Gasteiger partial charge is 0.326 e. The van der Waals surface area contributed by atoms with Gasteiger partial charge in [-0.2, -0.15) is 0 Å². The van der Waals surface area contributed by atoms with E-state index >= 15 is 0 Å². The van der Waals surface area contributed by atoms with Crippen LogP contribution in [0.25, 0.3) is 0 Å². The third-order valence-electron chi connectivity index (χ3n) is 12.3. The minimum atomic E-state index is -1.39. The first-order chi connectivity index (χ1) is 29.7. The van der Waals surface area contributed by atoms with E-state index < -0.39 is 77.4 Å². The summed E-state index contributed by atoms with van der Waals surface area (Å²) in [5, 5.41) is 18.2. The van der Waals surface area contributed by atoms with E-state index in [9.17, 15) is 43.5 Å². The van der Waals surface area contributed by atoms with Gasteiger partial charge in [0.2, 0.25) is 29.5 Å². The number of unbranched alkanes of at least 4 members (excludes halogenated alkanes) is 1. The van der Waals surface area contributed by atoms with Crippen LogP contribution in [0.1, 0.15) is 99.0 Å². The number of imide groups is 1. The molecule has 3 rings (SSSR count). The van der Waals surface area contributed by atoms with E-state index in [0.29, 0.717) is 38.6 Å². The average Bonchev–Trinajstić information content (AvgIpc) is 3.85. The first-order valence-corrected chi connectivity index (χ1v) is 22.0. The number of benzene rings is 1. The molecule has 1 saturated heterocycles. The van der Waals surface area contributed by atoms with Crippen LogP contribution in [0.15, 0.2) is 42.5 Å². The number of carboxylic acids is 1. The lowest BCUT2D eigenvalue weighted by atomic mass is 9.89. The number of aliphatic carboxylic acids is 1. The molecule has 2 aliphatic heterocycles. The van der Waals surface area contributed by atoms with Crippen molar-refractivity contribution < 1.29 is 52.9 Å². The van der Waals surface area contributed by atoms with E-state index in [0.717, 1.165) is 10.5 Å². The first-order valence-electron chi connectivity index (χ1n) is 22.0. The van der Waals surface area contributed by atoms with Gasteiger partial charge in [-0.3, -0.25) is 38.5 Å². The molecule has 0 bridgehead atoms. The van der Waals surface area contributed by atoms with Crippen molar-refractivity contribution in [3.63, 3.8) is 0 Å². The van der Waals surface area contributed by atoms with Crippen LogP contribution >= 0.6 is 0 Å².